The van der Waals surface area contributed by atoms with E-state index in [1.807, 2.05) is 6.92 Å². The molecule has 10 heteroatoms. The van der Waals surface area contributed by atoms with Crippen molar-refractivity contribution >= 4 is 15.7 Å². The quantitative estimate of drug-likeness (QED) is 0.783. The summed E-state index contributed by atoms with van der Waals surface area (Å²) in [6.45, 7) is 3.67. The molecule has 1 N–H and O–H groups in total. The van der Waals surface area contributed by atoms with Gasteiger partial charge in [-0.2, -0.15) is 0 Å². The molecule has 1 amide bonds. The number of amides is 1. The Hall–Kier alpha value is -2.33. The van der Waals surface area contributed by atoms with Crippen LogP contribution in [0.25, 0.3) is 5.69 Å². The van der Waals surface area contributed by atoms with E-state index < -0.39 is 9.84 Å². The number of nitrogens with one attached hydrogen (secondary N) is 1. The molecule has 0 bridgehead atoms. The zero-order valence-corrected chi connectivity index (χ0v) is 16.6. The van der Waals surface area contributed by atoms with Crippen LogP contribution in [0.15, 0.2) is 24.5 Å². The first-order valence-electron chi connectivity index (χ1n) is 9.52. The zero-order valence-electron chi connectivity index (χ0n) is 15.8. The Labute approximate surface area is 164 Å². The number of carbonyl (C=O) groups excluding carboxylic acids is 1. The number of benzene rings is 1. The molecule has 2 aromatic rings. The van der Waals surface area contributed by atoms with Crippen molar-refractivity contribution in [2.24, 2.45) is 0 Å². The molecule has 0 aliphatic carbocycles. The number of rotatable bonds is 4. The van der Waals surface area contributed by atoms with Gasteiger partial charge in [0.25, 0.3) is 5.91 Å². The van der Waals surface area contributed by atoms with Gasteiger partial charge in [0.05, 0.1) is 23.2 Å². The molecule has 3 heterocycles. The molecular weight excluding hydrogens is 380 g/mol. The number of sulfone groups is 1. The van der Waals surface area contributed by atoms with Gasteiger partial charge >= 0.3 is 0 Å². The average Bonchev–Trinajstić information content (AvgIpc) is 3.30. The fourth-order valence-electron chi connectivity index (χ4n) is 4.15. The molecule has 2 aliphatic rings. The van der Waals surface area contributed by atoms with E-state index in [0.29, 0.717) is 5.56 Å². The second-order valence-electron chi connectivity index (χ2n) is 7.58. The Morgan fingerprint density at radius 3 is 2.64 bits per heavy atom. The lowest BCUT2D eigenvalue weighted by molar-refractivity contribution is 0.0900. The Morgan fingerprint density at radius 2 is 1.96 bits per heavy atom. The minimum atomic E-state index is -3.15. The van der Waals surface area contributed by atoms with Crippen LogP contribution in [0.4, 0.5) is 0 Å². The maximum Gasteiger partial charge on any atom is 0.251 e. The molecule has 0 spiro atoms. The molecule has 2 atom stereocenters. The number of hydrogen-bond donors (Lipinski definition) is 1. The number of likely N-dealkylation sites (tertiary alicyclic amines) is 1. The van der Waals surface area contributed by atoms with E-state index in [1.54, 1.807) is 18.2 Å². The molecule has 9 nitrogen and oxygen atoms in total. The van der Waals surface area contributed by atoms with E-state index in [1.165, 1.54) is 17.4 Å². The van der Waals surface area contributed by atoms with Gasteiger partial charge in [0, 0.05) is 11.6 Å². The van der Waals surface area contributed by atoms with Gasteiger partial charge in [0.2, 0.25) is 0 Å². The lowest BCUT2D eigenvalue weighted by Crippen LogP contribution is -2.52. The fraction of sp³-hybridized carbons (Fsp3) is 0.556. The zero-order chi connectivity index (χ0) is 19.7. The molecule has 0 radical (unpaired) electrons. The lowest BCUT2D eigenvalue weighted by atomic mass is 10.0. The lowest BCUT2D eigenvalue weighted by Gasteiger charge is -2.35. The van der Waals surface area contributed by atoms with Crippen LogP contribution in [0.5, 0.6) is 0 Å². The maximum absolute atomic E-state index is 12.8. The van der Waals surface area contributed by atoms with E-state index in [2.05, 4.69) is 25.7 Å². The molecule has 2 saturated heterocycles. The highest BCUT2D eigenvalue weighted by Gasteiger charge is 2.42. The largest absolute Gasteiger partial charge is 0.347 e. The van der Waals surface area contributed by atoms with E-state index in [-0.39, 0.29) is 29.5 Å². The summed E-state index contributed by atoms with van der Waals surface area (Å²) in [6, 6.07) is 4.74. The maximum atomic E-state index is 12.8. The first kappa shape index (κ1) is 19.0. The topological polar surface area (TPSA) is 110 Å². The number of nitrogens with zero attached hydrogens (tertiary/aromatic N) is 5. The van der Waals surface area contributed by atoms with Gasteiger partial charge in [-0.3, -0.25) is 9.69 Å². The summed E-state index contributed by atoms with van der Waals surface area (Å²) in [4.78, 5) is 15.0. The highest BCUT2D eigenvalue weighted by atomic mass is 32.2. The van der Waals surface area contributed by atoms with E-state index >= 15 is 0 Å². The first-order valence-corrected chi connectivity index (χ1v) is 11.3. The average molecular weight is 404 g/mol. The van der Waals surface area contributed by atoms with Crippen LogP contribution in [0, 0.1) is 6.92 Å². The van der Waals surface area contributed by atoms with Crippen LogP contribution >= 0.6 is 0 Å². The molecule has 2 unspecified atom stereocenters. The molecule has 0 saturated carbocycles. The van der Waals surface area contributed by atoms with Crippen molar-refractivity contribution in [2.75, 3.05) is 24.6 Å². The first-order chi connectivity index (χ1) is 13.4. The summed E-state index contributed by atoms with van der Waals surface area (Å²) in [5, 5.41) is 14.1. The van der Waals surface area contributed by atoms with Crippen molar-refractivity contribution in [3.8, 4) is 5.69 Å². The normalized spacial score (nSPS) is 24.9. The second-order valence-corrected chi connectivity index (χ2v) is 9.73. The minimum absolute atomic E-state index is 0.00159. The van der Waals surface area contributed by atoms with Crippen LogP contribution in [0.3, 0.4) is 0 Å². The molecule has 28 heavy (non-hydrogen) atoms. The number of aromatic nitrogens is 4. The second kappa shape index (κ2) is 7.59. The van der Waals surface area contributed by atoms with Crippen molar-refractivity contribution in [3.63, 3.8) is 0 Å². The van der Waals surface area contributed by atoms with Crippen LogP contribution in [0.2, 0.25) is 0 Å². The van der Waals surface area contributed by atoms with Crippen molar-refractivity contribution in [1.29, 1.82) is 0 Å². The number of tetrazole rings is 1. The molecule has 4 rings (SSSR count). The predicted octanol–water partition coefficient (Wildman–Crippen LogP) is 0.352. The Kier molecular flexibility index (Phi) is 5.15. The highest BCUT2D eigenvalue weighted by Crippen LogP contribution is 2.23. The molecule has 2 aliphatic heterocycles. The van der Waals surface area contributed by atoms with Crippen LogP contribution < -0.4 is 5.32 Å². The summed E-state index contributed by atoms with van der Waals surface area (Å²) in [5.74, 6) is -0.132. The van der Waals surface area contributed by atoms with Crippen molar-refractivity contribution in [1.82, 2.24) is 30.4 Å². The van der Waals surface area contributed by atoms with Gasteiger partial charge in [-0.1, -0.05) is 6.42 Å². The molecule has 150 valence electrons. The third kappa shape index (κ3) is 3.93. The number of carbonyl (C=O) groups is 1. The van der Waals surface area contributed by atoms with Gasteiger partial charge in [-0.25, -0.2) is 13.1 Å². The molecule has 2 fully saturated rings. The standard InChI is InChI=1S/C18H24N6O3S/c1-13-9-14(5-6-16(13)24-12-19-21-22-24)18(25)20-15-10-28(26,27)11-17(15)23-7-3-2-4-8-23/h5-6,9,12,15,17H,2-4,7-8,10-11H2,1H3,(H,20,25). The third-order valence-corrected chi connectivity index (χ3v) is 7.27. The highest BCUT2D eigenvalue weighted by molar-refractivity contribution is 7.91. The molecule has 1 aromatic carbocycles. The summed E-state index contributed by atoms with van der Waals surface area (Å²) in [7, 11) is -3.15. The minimum Gasteiger partial charge on any atom is -0.347 e. The molecule has 1 aromatic heterocycles. The SMILES string of the molecule is Cc1cc(C(=O)NC2CS(=O)(=O)CC2N2CCCCC2)ccc1-n1cnnn1. The van der Waals surface area contributed by atoms with E-state index in [4.69, 9.17) is 0 Å². The predicted molar refractivity (Wildman–Crippen MR) is 103 cm³/mol. The van der Waals surface area contributed by atoms with Crippen molar-refractivity contribution < 1.29 is 13.2 Å². The number of hydrogen-bond acceptors (Lipinski definition) is 7. The number of aryl methyl sites for hydroxylation is 1. The Bertz CT molecular complexity index is 954. The van der Waals surface area contributed by atoms with Gasteiger partial charge in [-0.05, 0) is 67.0 Å². The van der Waals surface area contributed by atoms with Crippen molar-refractivity contribution in [2.45, 2.75) is 38.3 Å². The number of piperidine rings is 1. The van der Waals surface area contributed by atoms with Crippen LogP contribution in [0.1, 0.15) is 35.2 Å². The van der Waals surface area contributed by atoms with Gasteiger partial charge in [-0.15, -0.1) is 5.10 Å². The summed E-state index contributed by atoms with van der Waals surface area (Å²) in [5.41, 5.74) is 2.14. The van der Waals surface area contributed by atoms with Crippen LogP contribution in [-0.4, -0.2) is 76.1 Å². The smallest absolute Gasteiger partial charge is 0.251 e. The fourth-order valence-corrected chi connectivity index (χ4v) is 6.11. The Balaban J connectivity index is 1.51. The van der Waals surface area contributed by atoms with Gasteiger partial charge in [0.15, 0.2) is 9.84 Å². The van der Waals surface area contributed by atoms with Gasteiger partial charge < -0.3 is 5.32 Å². The summed E-state index contributed by atoms with van der Waals surface area (Å²) in [6.07, 6.45) is 4.83. The monoisotopic (exact) mass is 404 g/mol. The summed E-state index contributed by atoms with van der Waals surface area (Å²) < 4.78 is 26.0. The molecular formula is C18H24N6O3S. The van der Waals surface area contributed by atoms with Gasteiger partial charge in [0.1, 0.15) is 6.33 Å². The summed E-state index contributed by atoms with van der Waals surface area (Å²) >= 11 is 0. The van der Waals surface area contributed by atoms with E-state index in [0.717, 1.165) is 37.2 Å². The van der Waals surface area contributed by atoms with E-state index in [9.17, 15) is 13.2 Å². The third-order valence-electron chi connectivity index (χ3n) is 5.55. The van der Waals surface area contributed by atoms with Crippen LogP contribution in [-0.2, 0) is 9.84 Å². The Morgan fingerprint density at radius 1 is 1.18 bits per heavy atom. The van der Waals surface area contributed by atoms with Crippen molar-refractivity contribution in [3.05, 3.63) is 35.7 Å².